The topological polar surface area (TPSA) is 102 Å². The molecule has 7 nitrogen and oxygen atoms in total. The van der Waals surface area contributed by atoms with Crippen LogP contribution in [0.2, 0.25) is 5.02 Å². The summed E-state index contributed by atoms with van der Waals surface area (Å²) in [5, 5.41) is 2.95. The van der Waals surface area contributed by atoms with Gasteiger partial charge in [-0.05, 0) is 31.0 Å². The number of amides is 1. The Labute approximate surface area is 153 Å². The van der Waals surface area contributed by atoms with Crippen LogP contribution in [0, 0.1) is 5.92 Å². The molecule has 0 aliphatic carbocycles. The monoisotopic (exact) mass is 390 g/mol. The predicted molar refractivity (Wildman–Crippen MR) is 94.7 cm³/mol. The largest absolute Gasteiger partial charge is 0.453 e. The van der Waals surface area contributed by atoms with E-state index >= 15 is 0 Å². The lowest BCUT2D eigenvalue weighted by Gasteiger charge is -2.14. The molecule has 1 aromatic rings. The van der Waals surface area contributed by atoms with Gasteiger partial charge in [-0.2, -0.15) is 0 Å². The Morgan fingerprint density at radius 3 is 2.52 bits per heavy atom. The number of carbonyl (C=O) groups excluding carboxylic acids is 2. The van der Waals surface area contributed by atoms with Gasteiger partial charge in [-0.15, -0.1) is 0 Å². The average molecular weight is 391 g/mol. The zero-order chi connectivity index (χ0) is 19.0. The smallest absolute Gasteiger partial charge is 0.307 e. The molecule has 0 fully saturated rings. The van der Waals surface area contributed by atoms with Gasteiger partial charge in [-0.25, -0.2) is 13.1 Å². The van der Waals surface area contributed by atoms with E-state index in [1.807, 2.05) is 13.8 Å². The third kappa shape index (κ3) is 7.85. The molecule has 9 heteroatoms. The molecule has 2 N–H and O–H groups in total. The Balaban J connectivity index is 2.42. The van der Waals surface area contributed by atoms with Gasteiger partial charge in [-0.3, -0.25) is 9.59 Å². The molecular weight excluding hydrogens is 368 g/mol. The van der Waals surface area contributed by atoms with Crippen molar-refractivity contribution in [1.82, 2.24) is 10.0 Å². The highest BCUT2D eigenvalue weighted by Crippen LogP contribution is 2.15. The van der Waals surface area contributed by atoms with E-state index in [1.54, 1.807) is 6.07 Å². The lowest BCUT2D eigenvalue weighted by atomic mass is 10.2. The minimum atomic E-state index is -3.76. The lowest BCUT2D eigenvalue weighted by Crippen LogP contribution is -2.38. The van der Waals surface area contributed by atoms with E-state index in [2.05, 4.69) is 10.0 Å². The van der Waals surface area contributed by atoms with Crippen LogP contribution < -0.4 is 10.0 Å². The number of halogens is 1. The zero-order valence-electron chi connectivity index (χ0n) is 14.4. The third-order valence-electron chi connectivity index (χ3n) is 3.09. The number of hydrogen-bond acceptors (Lipinski definition) is 5. The number of ether oxygens (including phenoxy) is 1. The Bertz CT molecular complexity index is 706. The van der Waals surface area contributed by atoms with Crippen LogP contribution in [0.25, 0.3) is 0 Å². The van der Waals surface area contributed by atoms with Crippen molar-refractivity contribution in [1.29, 1.82) is 0 Å². The Hall–Kier alpha value is -1.64. The van der Waals surface area contributed by atoms with Crippen LogP contribution in [-0.2, 0) is 24.3 Å². The second kappa shape index (κ2) is 9.74. The predicted octanol–water partition coefficient (Wildman–Crippen LogP) is 1.71. The van der Waals surface area contributed by atoms with Crippen LogP contribution in [0.3, 0.4) is 0 Å². The molecule has 1 atom stereocenters. The normalized spacial score (nSPS) is 12.7. The standard InChI is InChI=1S/C16H23ClN2O5S/c1-11(2)10-18-16(21)12(3)24-15(20)7-8-19-25(22,23)14-6-4-5-13(17)9-14/h4-6,9,11-12,19H,7-8,10H2,1-3H3,(H,18,21). The molecule has 25 heavy (non-hydrogen) atoms. The van der Waals surface area contributed by atoms with Crippen molar-refractivity contribution in [3.63, 3.8) is 0 Å². The summed E-state index contributed by atoms with van der Waals surface area (Å²) >= 11 is 5.76. The van der Waals surface area contributed by atoms with E-state index < -0.39 is 22.1 Å². The first kappa shape index (κ1) is 21.4. The van der Waals surface area contributed by atoms with Gasteiger partial charge >= 0.3 is 5.97 Å². The fourth-order valence-electron chi connectivity index (χ4n) is 1.76. The van der Waals surface area contributed by atoms with E-state index in [1.165, 1.54) is 25.1 Å². The summed E-state index contributed by atoms with van der Waals surface area (Å²) in [5.41, 5.74) is 0. The van der Waals surface area contributed by atoms with E-state index in [0.717, 1.165) is 0 Å². The first-order valence-corrected chi connectivity index (χ1v) is 9.70. The van der Waals surface area contributed by atoms with Gasteiger partial charge in [0, 0.05) is 18.1 Å². The summed E-state index contributed by atoms with van der Waals surface area (Å²) in [6.45, 7) is 5.70. The van der Waals surface area contributed by atoms with E-state index in [-0.39, 0.29) is 29.7 Å². The summed E-state index contributed by atoms with van der Waals surface area (Å²) in [7, 11) is -3.76. The first-order valence-electron chi connectivity index (χ1n) is 7.84. The maximum absolute atomic E-state index is 12.1. The van der Waals surface area contributed by atoms with E-state index in [9.17, 15) is 18.0 Å². The number of rotatable bonds is 9. The number of esters is 1. The molecule has 1 unspecified atom stereocenters. The average Bonchev–Trinajstić information content (AvgIpc) is 2.52. The van der Waals surface area contributed by atoms with Crippen LogP contribution in [-0.4, -0.2) is 39.5 Å². The van der Waals surface area contributed by atoms with Crippen LogP contribution >= 0.6 is 11.6 Å². The summed E-state index contributed by atoms with van der Waals surface area (Å²) in [5.74, 6) is -0.768. The quantitative estimate of drug-likeness (QED) is 0.625. The van der Waals surface area contributed by atoms with Crippen molar-refractivity contribution in [2.75, 3.05) is 13.1 Å². The van der Waals surface area contributed by atoms with Crippen LogP contribution in [0.1, 0.15) is 27.2 Å². The minimum absolute atomic E-state index is 0.00907. The van der Waals surface area contributed by atoms with Crippen molar-refractivity contribution in [2.45, 2.75) is 38.2 Å². The van der Waals surface area contributed by atoms with Gasteiger partial charge in [0.1, 0.15) is 0 Å². The fraction of sp³-hybridized carbons (Fsp3) is 0.500. The van der Waals surface area contributed by atoms with Crippen molar-refractivity contribution in [3.8, 4) is 0 Å². The molecule has 1 rings (SSSR count). The van der Waals surface area contributed by atoms with Gasteiger partial charge in [0.2, 0.25) is 10.0 Å². The molecule has 0 spiro atoms. The maximum atomic E-state index is 12.1. The number of nitrogens with one attached hydrogen (secondary N) is 2. The highest BCUT2D eigenvalue weighted by Gasteiger charge is 2.19. The molecule has 0 aromatic heterocycles. The van der Waals surface area contributed by atoms with Crippen LogP contribution in [0.4, 0.5) is 0 Å². The van der Waals surface area contributed by atoms with Gasteiger partial charge in [-0.1, -0.05) is 31.5 Å². The molecule has 0 heterocycles. The van der Waals surface area contributed by atoms with Gasteiger partial charge in [0.05, 0.1) is 11.3 Å². The molecule has 140 valence electrons. The molecule has 1 amide bonds. The molecule has 0 aliphatic rings. The first-order chi connectivity index (χ1) is 11.6. The summed E-state index contributed by atoms with van der Waals surface area (Å²) in [6.07, 6.45) is -1.13. The minimum Gasteiger partial charge on any atom is -0.453 e. The highest BCUT2D eigenvalue weighted by atomic mass is 35.5. The molecule has 0 bridgehead atoms. The van der Waals surface area contributed by atoms with Crippen molar-refractivity contribution in [2.24, 2.45) is 5.92 Å². The summed E-state index contributed by atoms with van der Waals surface area (Å²) in [4.78, 5) is 23.4. The number of carbonyl (C=O) groups is 2. The third-order valence-corrected chi connectivity index (χ3v) is 4.78. The summed E-state index contributed by atoms with van der Waals surface area (Å²) < 4.78 is 31.4. The van der Waals surface area contributed by atoms with E-state index in [0.29, 0.717) is 11.6 Å². The van der Waals surface area contributed by atoms with Crippen molar-refractivity contribution < 1.29 is 22.7 Å². The molecule has 1 aromatic carbocycles. The van der Waals surface area contributed by atoms with Crippen molar-refractivity contribution >= 4 is 33.5 Å². The van der Waals surface area contributed by atoms with Crippen molar-refractivity contribution in [3.05, 3.63) is 29.3 Å². The fourth-order valence-corrected chi connectivity index (χ4v) is 3.10. The Morgan fingerprint density at radius 2 is 1.92 bits per heavy atom. The Kier molecular flexibility index (Phi) is 8.34. The molecule has 0 radical (unpaired) electrons. The number of sulfonamides is 1. The number of hydrogen-bond donors (Lipinski definition) is 2. The van der Waals surface area contributed by atoms with E-state index in [4.69, 9.17) is 16.3 Å². The number of benzene rings is 1. The second-order valence-electron chi connectivity index (χ2n) is 5.88. The van der Waals surface area contributed by atoms with Gasteiger partial charge in [0.25, 0.3) is 5.91 Å². The van der Waals surface area contributed by atoms with Gasteiger partial charge in [0.15, 0.2) is 6.10 Å². The zero-order valence-corrected chi connectivity index (χ0v) is 16.0. The SMILES string of the molecule is CC(C)CNC(=O)C(C)OC(=O)CCNS(=O)(=O)c1cccc(Cl)c1. The highest BCUT2D eigenvalue weighted by molar-refractivity contribution is 7.89. The summed E-state index contributed by atoms with van der Waals surface area (Å²) in [6, 6.07) is 5.78. The molecule has 0 aliphatic heterocycles. The van der Waals surface area contributed by atoms with Crippen LogP contribution in [0.5, 0.6) is 0 Å². The van der Waals surface area contributed by atoms with Gasteiger partial charge < -0.3 is 10.1 Å². The second-order valence-corrected chi connectivity index (χ2v) is 8.08. The lowest BCUT2D eigenvalue weighted by molar-refractivity contribution is -0.154. The Morgan fingerprint density at radius 1 is 1.24 bits per heavy atom. The maximum Gasteiger partial charge on any atom is 0.307 e. The molecule has 0 saturated heterocycles. The van der Waals surface area contributed by atoms with Crippen LogP contribution in [0.15, 0.2) is 29.2 Å². The molecular formula is C16H23ClN2O5S. The molecule has 0 saturated carbocycles.